The van der Waals surface area contributed by atoms with Gasteiger partial charge in [0.15, 0.2) is 5.78 Å². The third kappa shape index (κ3) is 3.55. The van der Waals surface area contributed by atoms with Crippen LogP contribution in [0, 0.1) is 28.6 Å². The van der Waals surface area contributed by atoms with Gasteiger partial charge in [0.1, 0.15) is 6.10 Å². The van der Waals surface area contributed by atoms with E-state index in [-0.39, 0.29) is 35.7 Å². The van der Waals surface area contributed by atoms with Crippen molar-refractivity contribution >= 4 is 17.7 Å². The van der Waals surface area contributed by atoms with Crippen molar-refractivity contribution in [2.45, 2.75) is 90.6 Å². The van der Waals surface area contributed by atoms with Crippen molar-refractivity contribution < 1.29 is 24.2 Å². The second-order valence-electron chi connectivity index (χ2n) is 10.3. The number of rotatable bonds is 5. The van der Waals surface area contributed by atoms with E-state index in [2.05, 4.69) is 13.8 Å². The van der Waals surface area contributed by atoms with Crippen LogP contribution in [0.1, 0.15) is 84.5 Å². The lowest BCUT2D eigenvalue weighted by molar-refractivity contribution is -0.160. The molecule has 5 nitrogen and oxygen atoms in total. The maximum atomic E-state index is 12.3. The molecule has 0 aromatic carbocycles. The summed E-state index contributed by atoms with van der Waals surface area (Å²) in [7, 11) is 0. The van der Waals surface area contributed by atoms with Gasteiger partial charge in [0.25, 0.3) is 0 Å². The Kier molecular flexibility index (Phi) is 5.37. The minimum atomic E-state index is -0.868. The van der Waals surface area contributed by atoms with Crippen LogP contribution in [0.2, 0.25) is 0 Å². The summed E-state index contributed by atoms with van der Waals surface area (Å²) in [5.74, 6) is 1.06. The molecule has 3 saturated carbocycles. The van der Waals surface area contributed by atoms with Crippen LogP contribution in [0.15, 0.2) is 11.6 Å². The number of carbonyl (C=O) groups is 3. The van der Waals surface area contributed by atoms with E-state index >= 15 is 0 Å². The molecule has 0 radical (unpaired) electrons. The number of carbonyl (C=O) groups excluding carboxylic acids is 2. The van der Waals surface area contributed by atoms with Crippen LogP contribution < -0.4 is 0 Å². The van der Waals surface area contributed by atoms with Gasteiger partial charge in [0.05, 0.1) is 0 Å². The van der Waals surface area contributed by atoms with Crippen LogP contribution in [-0.4, -0.2) is 28.9 Å². The first-order valence-corrected chi connectivity index (χ1v) is 11.4. The molecule has 29 heavy (non-hydrogen) atoms. The molecule has 4 aliphatic rings. The second kappa shape index (κ2) is 7.55. The van der Waals surface area contributed by atoms with Crippen molar-refractivity contribution in [3.8, 4) is 0 Å². The Morgan fingerprint density at radius 2 is 1.86 bits per heavy atom. The molecule has 4 rings (SSSR count). The van der Waals surface area contributed by atoms with Crippen LogP contribution in [0.3, 0.4) is 0 Å². The molecule has 1 N–H and O–H groups in total. The number of hydrogen-bond donors (Lipinski definition) is 1. The van der Waals surface area contributed by atoms with Gasteiger partial charge in [-0.25, -0.2) is 0 Å². The highest BCUT2D eigenvalue weighted by molar-refractivity contribution is 5.91. The number of ketones is 1. The summed E-state index contributed by atoms with van der Waals surface area (Å²) in [5.41, 5.74) is 1.59. The Hall–Kier alpha value is -1.65. The van der Waals surface area contributed by atoms with E-state index in [1.54, 1.807) is 0 Å². The smallest absolute Gasteiger partial charge is 0.306 e. The van der Waals surface area contributed by atoms with Crippen molar-refractivity contribution in [3.63, 3.8) is 0 Å². The molecule has 6 atom stereocenters. The highest BCUT2D eigenvalue weighted by atomic mass is 16.5. The molecule has 160 valence electrons. The van der Waals surface area contributed by atoms with E-state index in [0.717, 1.165) is 44.9 Å². The van der Waals surface area contributed by atoms with E-state index in [4.69, 9.17) is 9.84 Å². The van der Waals surface area contributed by atoms with Gasteiger partial charge >= 0.3 is 11.9 Å². The summed E-state index contributed by atoms with van der Waals surface area (Å²) in [6.45, 7) is 4.70. The molecule has 3 fully saturated rings. The van der Waals surface area contributed by atoms with E-state index in [0.29, 0.717) is 36.4 Å². The molecule has 0 aliphatic heterocycles. The van der Waals surface area contributed by atoms with Crippen molar-refractivity contribution in [2.75, 3.05) is 0 Å². The lowest BCUT2D eigenvalue weighted by Crippen LogP contribution is -2.51. The summed E-state index contributed by atoms with van der Waals surface area (Å²) in [6.07, 6.45) is 10.6. The fraction of sp³-hybridized carbons (Fsp3) is 0.792. The molecule has 0 heterocycles. The molecule has 0 bridgehead atoms. The summed E-state index contributed by atoms with van der Waals surface area (Å²) >= 11 is 0. The van der Waals surface area contributed by atoms with Gasteiger partial charge in [-0.2, -0.15) is 0 Å². The summed E-state index contributed by atoms with van der Waals surface area (Å²) < 4.78 is 5.90. The lowest BCUT2D eigenvalue weighted by atomic mass is 9.47. The van der Waals surface area contributed by atoms with Gasteiger partial charge in [-0.05, 0) is 80.6 Å². The number of carboxylic acids is 1. The molecule has 4 aliphatic carbocycles. The molecule has 6 unspecified atom stereocenters. The van der Waals surface area contributed by atoms with Crippen LogP contribution in [-0.2, 0) is 19.1 Å². The van der Waals surface area contributed by atoms with Gasteiger partial charge in [0, 0.05) is 24.7 Å². The zero-order valence-electron chi connectivity index (χ0n) is 17.7. The van der Waals surface area contributed by atoms with Crippen LogP contribution in [0.25, 0.3) is 0 Å². The van der Waals surface area contributed by atoms with E-state index in [1.807, 2.05) is 6.08 Å². The van der Waals surface area contributed by atoms with Crippen molar-refractivity contribution in [2.24, 2.45) is 28.6 Å². The van der Waals surface area contributed by atoms with Gasteiger partial charge in [-0.3, -0.25) is 14.4 Å². The second-order valence-corrected chi connectivity index (χ2v) is 10.3. The third-order valence-corrected chi connectivity index (χ3v) is 8.92. The predicted octanol–water partition coefficient (Wildman–Crippen LogP) is 4.69. The maximum absolute atomic E-state index is 12.3. The number of esters is 1. The molecule has 0 saturated heterocycles. The first kappa shape index (κ1) is 20.6. The first-order valence-electron chi connectivity index (χ1n) is 11.4. The van der Waals surface area contributed by atoms with E-state index in [9.17, 15) is 14.4 Å². The topological polar surface area (TPSA) is 80.7 Å². The number of carboxylic acid groups (broad SMARTS) is 1. The number of fused-ring (bicyclic) bond motifs is 5. The number of hydrogen-bond acceptors (Lipinski definition) is 4. The SMILES string of the molecule is CC12CCC(=O)C=C1CCC1C2CCC2(C)C(OC(=O)CCCC(=O)O)CCC12. The Morgan fingerprint density at radius 1 is 1.07 bits per heavy atom. The van der Waals surface area contributed by atoms with Crippen LogP contribution in [0.5, 0.6) is 0 Å². The third-order valence-electron chi connectivity index (χ3n) is 8.92. The first-order chi connectivity index (χ1) is 13.7. The highest BCUT2D eigenvalue weighted by Gasteiger charge is 2.59. The average Bonchev–Trinajstić information content (AvgIpc) is 2.98. The Bertz CT molecular complexity index is 740. The summed E-state index contributed by atoms with van der Waals surface area (Å²) in [5, 5.41) is 8.76. The molecule has 0 aromatic heterocycles. The van der Waals surface area contributed by atoms with Gasteiger partial charge in [-0.15, -0.1) is 0 Å². The predicted molar refractivity (Wildman–Crippen MR) is 108 cm³/mol. The number of allylic oxidation sites excluding steroid dienone is 1. The van der Waals surface area contributed by atoms with Crippen molar-refractivity contribution in [3.05, 3.63) is 11.6 Å². The average molecular weight is 403 g/mol. The molecular weight excluding hydrogens is 368 g/mol. The molecule has 0 amide bonds. The molecule has 0 spiro atoms. The Labute approximate surface area is 173 Å². The van der Waals surface area contributed by atoms with Crippen molar-refractivity contribution in [1.82, 2.24) is 0 Å². The molecule has 0 aromatic rings. The zero-order valence-corrected chi connectivity index (χ0v) is 17.7. The minimum absolute atomic E-state index is 0.0142. The van der Waals surface area contributed by atoms with Gasteiger partial charge in [-0.1, -0.05) is 19.4 Å². The minimum Gasteiger partial charge on any atom is -0.481 e. The highest BCUT2D eigenvalue weighted by Crippen LogP contribution is 2.65. The Morgan fingerprint density at radius 3 is 2.62 bits per heavy atom. The van der Waals surface area contributed by atoms with Crippen LogP contribution >= 0.6 is 0 Å². The van der Waals surface area contributed by atoms with E-state index < -0.39 is 5.97 Å². The molecule has 5 heteroatoms. The Balaban J connectivity index is 1.45. The quantitative estimate of drug-likeness (QED) is 0.675. The fourth-order valence-corrected chi connectivity index (χ4v) is 7.31. The van der Waals surface area contributed by atoms with Crippen LogP contribution in [0.4, 0.5) is 0 Å². The largest absolute Gasteiger partial charge is 0.481 e. The number of aliphatic carboxylic acids is 1. The summed E-state index contributed by atoms with van der Waals surface area (Å²) in [4.78, 5) is 34.9. The molecular formula is C24H34O5. The van der Waals surface area contributed by atoms with Gasteiger partial charge < -0.3 is 9.84 Å². The normalized spacial score (nSPS) is 41.0. The maximum Gasteiger partial charge on any atom is 0.306 e. The monoisotopic (exact) mass is 402 g/mol. The van der Waals surface area contributed by atoms with Gasteiger partial charge in [0.2, 0.25) is 0 Å². The number of ether oxygens (including phenoxy) is 1. The standard InChI is InChI=1S/C24H34O5/c1-23-12-10-16(25)14-15(23)6-7-17-18-8-9-20(24(18,2)13-11-19(17)23)29-22(28)5-3-4-21(26)27/h14,17-20H,3-13H2,1-2H3,(H,26,27). The van der Waals surface area contributed by atoms with E-state index in [1.165, 1.54) is 5.57 Å². The lowest BCUT2D eigenvalue weighted by Gasteiger charge is -2.57. The zero-order chi connectivity index (χ0) is 20.8. The summed E-state index contributed by atoms with van der Waals surface area (Å²) in [6, 6.07) is 0. The fourth-order valence-electron chi connectivity index (χ4n) is 7.31. The van der Waals surface area contributed by atoms with Crippen molar-refractivity contribution in [1.29, 1.82) is 0 Å².